The number of carbonyl (C=O) groups is 1. The molecule has 1 fully saturated rings. The van der Waals surface area contributed by atoms with Crippen LogP contribution in [0.5, 0.6) is 11.5 Å². The fourth-order valence-electron chi connectivity index (χ4n) is 2.15. The van der Waals surface area contributed by atoms with E-state index in [9.17, 15) is 4.79 Å². The van der Waals surface area contributed by atoms with Crippen LogP contribution in [0.25, 0.3) is 0 Å². The van der Waals surface area contributed by atoms with Gasteiger partial charge < -0.3 is 18.9 Å². The summed E-state index contributed by atoms with van der Waals surface area (Å²) in [6.45, 7) is 7.19. The van der Waals surface area contributed by atoms with E-state index >= 15 is 0 Å². The lowest BCUT2D eigenvalue weighted by atomic mass is 9.90. The van der Waals surface area contributed by atoms with E-state index in [-0.39, 0.29) is 11.4 Å². The molecule has 0 amide bonds. The molecule has 22 heavy (non-hydrogen) atoms. The van der Waals surface area contributed by atoms with Crippen LogP contribution in [0.2, 0.25) is 0 Å². The maximum Gasteiger partial charge on any atom is 0.308 e. The molecule has 1 aliphatic rings. The molecule has 1 aromatic carbocycles. The van der Waals surface area contributed by atoms with Gasteiger partial charge in [0.05, 0.1) is 26.4 Å². The maximum absolute atomic E-state index is 11.0. The Kier molecular flexibility index (Phi) is 6.21. The molecule has 1 aromatic rings. The molecule has 0 bridgehead atoms. The molecule has 5 heteroatoms. The average Bonchev–Trinajstić information content (AvgIpc) is 2.45. The van der Waals surface area contributed by atoms with Gasteiger partial charge in [-0.3, -0.25) is 4.79 Å². The molecule has 0 N–H and O–H groups in total. The summed E-state index contributed by atoms with van der Waals surface area (Å²) in [5, 5.41) is 0. The van der Waals surface area contributed by atoms with Crippen molar-refractivity contribution in [1.82, 2.24) is 0 Å². The van der Waals surface area contributed by atoms with E-state index in [1.54, 1.807) is 12.1 Å². The van der Waals surface area contributed by atoms with Crippen LogP contribution in [0.3, 0.4) is 0 Å². The van der Waals surface area contributed by atoms with Gasteiger partial charge in [-0.05, 0) is 25.0 Å². The molecular formula is C17H24O5. The summed E-state index contributed by atoms with van der Waals surface area (Å²) in [7, 11) is 0. The molecule has 0 spiro atoms. The molecule has 1 heterocycles. The number of para-hydroxylation sites is 2. The lowest BCUT2D eigenvalue weighted by molar-refractivity contribution is -0.138. The highest BCUT2D eigenvalue weighted by Crippen LogP contribution is 2.27. The van der Waals surface area contributed by atoms with Gasteiger partial charge in [-0.2, -0.15) is 0 Å². The largest absolute Gasteiger partial charge is 0.490 e. The molecule has 5 nitrogen and oxygen atoms in total. The fourth-order valence-corrected chi connectivity index (χ4v) is 2.15. The third kappa shape index (κ3) is 5.31. The second kappa shape index (κ2) is 8.15. The molecule has 2 rings (SSSR count). The standard InChI is InChI=1S/C17H24O5/c1-14(18)22-16-8-4-3-7-15(16)21-10-6-5-9-19-11-17(2)12-20-13-17/h3-4,7-8H,5-6,9-13H2,1-2H3. The maximum atomic E-state index is 11.0. The number of rotatable bonds is 9. The Morgan fingerprint density at radius 2 is 1.86 bits per heavy atom. The smallest absolute Gasteiger partial charge is 0.308 e. The zero-order valence-electron chi connectivity index (χ0n) is 13.3. The van der Waals surface area contributed by atoms with Crippen molar-refractivity contribution < 1.29 is 23.7 Å². The minimum atomic E-state index is -0.349. The van der Waals surface area contributed by atoms with Crippen LogP contribution in [0.4, 0.5) is 0 Å². The van der Waals surface area contributed by atoms with E-state index < -0.39 is 0 Å². The van der Waals surface area contributed by atoms with E-state index in [4.69, 9.17) is 18.9 Å². The van der Waals surface area contributed by atoms with Gasteiger partial charge in [-0.1, -0.05) is 19.1 Å². The van der Waals surface area contributed by atoms with Crippen LogP contribution in [0.1, 0.15) is 26.7 Å². The summed E-state index contributed by atoms with van der Waals surface area (Å²) in [4.78, 5) is 11.0. The van der Waals surface area contributed by atoms with Crippen molar-refractivity contribution in [2.24, 2.45) is 5.41 Å². The second-order valence-corrected chi connectivity index (χ2v) is 5.95. The van der Waals surface area contributed by atoms with Gasteiger partial charge >= 0.3 is 5.97 Å². The van der Waals surface area contributed by atoms with E-state index in [1.807, 2.05) is 12.1 Å². The highest BCUT2D eigenvalue weighted by atomic mass is 16.6. The molecule has 0 aromatic heterocycles. The molecule has 1 aliphatic heterocycles. The Morgan fingerprint density at radius 1 is 1.18 bits per heavy atom. The van der Waals surface area contributed by atoms with E-state index in [0.29, 0.717) is 18.1 Å². The number of carbonyl (C=O) groups excluding carboxylic acids is 1. The Morgan fingerprint density at radius 3 is 2.50 bits per heavy atom. The topological polar surface area (TPSA) is 54.0 Å². The number of benzene rings is 1. The van der Waals surface area contributed by atoms with Crippen molar-refractivity contribution in [2.75, 3.05) is 33.0 Å². The first-order chi connectivity index (χ1) is 10.6. The lowest BCUT2D eigenvalue weighted by Crippen LogP contribution is -2.43. The van der Waals surface area contributed by atoms with Crippen LogP contribution < -0.4 is 9.47 Å². The summed E-state index contributed by atoms with van der Waals surface area (Å²) in [6.07, 6.45) is 1.83. The predicted molar refractivity (Wildman–Crippen MR) is 82.2 cm³/mol. The van der Waals surface area contributed by atoms with Crippen LogP contribution in [0.15, 0.2) is 24.3 Å². The molecule has 0 aliphatic carbocycles. The molecule has 122 valence electrons. The van der Waals surface area contributed by atoms with Crippen molar-refractivity contribution in [3.05, 3.63) is 24.3 Å². The molecule has 0 radical (unpaired) electrons. The van der Waals surface area contributed by atoms with Gasteiger partial charge in [-0.15, -0.1) is 0 Å². The number of hydrogen-bond donors (Lipinski definition) is 0. The Hall–Kier alpha value is -1.59. The highest BCUT2D eigenvalue weighted by Gasteiger charge is 2.33. The molecule has 0 atom stereocenters. The summed E-state index contributed by atoms with van der Waals surface area (Å²) in [5.74, 6) is 0.708. The van der Waals surface area contributed by atoms with Crippen LogP contribution in [-0.2, 0) is 14.3 Å². The zero-order valence-corrected chi connectivity index (χ0v) is 13.3. The third-order valence-electron chi connectivity index (χ3n) is 3.39. The summed E-state index contributed by atoms with van der Waals surface area (Å²) in [6, 6.07) is 7.18. The van der Waals surface area contributed by atoms with Gasteiger partial charge in [0.25, 0.3) is 0 Å². The van der Waals surface area contributed by atoms with E-state index in [1.165, 1.54) is 6.92 Å². The van der Waals surface area contributed by atoms with Gasteiger partial charge in [0.1, 0.15) is 0 Å². The van der Waals surface area contributed by atoms with Gasteiger partial charge in [0.15, 0.2) is 11.5 Å². The van der Waals surface area contributed by atoms with E-state index in [0.717, 1.165) is 39.3 Å². The predicted octanol–water partition coefficient (Wildman–Crippen LogP) is 2.82. The first kappa shape index (κ1) is 16.8. The summed E-state index contributed by atoms with van der Waals surface area (Å²) >= 11 is 0. The number of unbranched alkanes of at least 4 members (excludes halogenated alkanes) is 1. The number of ether oxygens (including phenoxy) is 4. The summed E-state index contributed by atoms with van der Waals surface area (Å²) in [5.41, 5.74) is 0.208. The highest BCUT2D eigenvalue weighted by molar-refractivity contribution is 5.70. The zero-order chi connectivity index (χ0) is 15.8. The van der Waals surface area contributed by atoms with Crippen molar-refractivity contribution in [2.45, 2.75) is 26.7 Å². The van der Waals surface area contributed by atoms with Crippen molar-refractivity contribution >= 4 is 5.97 Å². The Labute approximate surface area is 131 Å². The third-order valence-corrected chi connectivity index (χ3v) is 3.39. The lowest BCUT2D eigenvalue weighted by Gasteiger charge is -2.37. The van der Waals surface area contributed by atoms with Crippen molar-refractivity contribution in [3.63, 3.8) is 0 Å². The average molecular weight is 308 g/mol. The normalized spacial score (nSPS) is 15.9. The van der Waals surface area contributed by atoms with Gasteiger partial charge in [0.2, 0.25) is 0 Å². The minimum absolute atomic E-state index is 0.208. The van der Waals surface area contributed by atoms with Crippen molar-refractivity contribution in [3.8, 4) is 11.5 Å². The van der Waals surface area contributed by atoms with Gasteiger partial charge in [-0.25, -0.2) is 0 Å². The summed E-state index contributed by atoms with van der Waals surface area (Å²) < 4.78 is 21.6. The molecule has 1 saturated heterocycles. The van der Waals surface area contributed by atoms with Crippen LogP contribution >= 0.6 is 0 Å². The molecule has 0 saturated carbocycles. The fraction of sp³-hybridized carbons (Fsp3) is 0.588. The van der Waals surface area contributed by atoms with E-state index in [2.05, 4.69) is 6.92 Å². The Bertz CT molecular complexity index is 482. The molecular weight excluding hydrogens is 284 g/mol. The Balaban J connectivity index is 1.59. The number of hydrogen-bond acceptors (Lipinski definition) is 5. The monoisotopic (exact) mass is 308 g/mol. The van der Waals surface area contributed by atoms with Crippen LogP contribution in [-0.4, -0.2) is 39.0 Å². The minimum Gasteiger partial charge on any atom is -0.490 e. The number of esters is 1. The first-order valence-corrected chi connectivity index (χ1v) is 7.65. The second-order valence-electron chi connectivity index (χ2n) is 5.95. The van der Waals surface area contributed by atoms with Crippen LogP contribution in [0, 0.1) is 5.41 Å². The first-order valence-electron chi connectivity index (χ1n) is 7.65. The quantitative estimate of drug-likeness (QED) is 0.399. The van der Waals surface area contributed by atoms with Crippen molar-refractivity contribution in [1.29, 1.82) is 0 Å². The molecule has 0 unspecified atom stereocenters. The SMILES string of the molecule is CC(=O)Oc1ccccc1OCCCCOCC1(C)COC1. The van der Waals surface area contributed by atoms with Gasteiger partial charge in [0, 0.05) is 18.9 Å².